The molecule has 1 saturated carbocycles. The lowest BCUT2D eigenvalue weighted by Gasteiger charge is -2.11. The number of ether oxygens (including phenoxy) is 1. The van der Waals surface area contributed by atoms with Crippen molar-refractivity contribution in [2.45, 2.75) is 36.5 Å². The van der Waals surface area contributed by atoms with E-state index in [9.17, 15) is 9.90 Å². The maximum atomic E-state index is 12.8. The molecule has 0 unspecified atom stereocenters. The summed E-state index contributed by atoms with van der Waals surface area (Å²) in [6.07, 6.45) is 2.21. The van der Waals surface area contributed by atoms with Gasteiger partial charge in [-0.25, -0.2) is 4.79 Å². The van der Waals surface area contributed by atoms with Gasteiger partial charge in [-0.15, -0.1) is 11.8 Å². The molecule has 1 N–H and O–H groups in total. The summed E-state index contributed by atoms with van der Waals surface area (Å²) in [5.74, 6) is 0.470. The molecule has 0 saturated heterocycles. The number of fused-ring (bicyclic) bond motifs is 1. The summed E-state index contributed by atoms with van der Waals surface area (Å²) in [6, 6.07) is 14.1. The molecule has 0 aliphatic heterocycles. The molecule has 0 atom stereocenters. The van der Waals surface area contributed by atoms with E-state index >= 15 is 0 Å². The summed E-state index contributed by atoms with van der Waals surface area (Å²) in [4.78, 5) is 14.0. The molecule has 0 amide bonds. The summed E-state index contributed by atoms with van der Waals surface area (Å²) in [7, 11) is 0. The predicted octanol–water partition coefficient (Wildman–Crippen LogP) is 5.91. The second kappa shape index (κ2) is 7.60. The molecule has 1 fully saturated rings. The van der Waals surface area contributed by atoms with E-state index in [0.29, 0.717) is 28.4 Å². The molecule has 140 valence electrons. The van der Waals surface area contributed by atoms with Crippen LogP contribution in [0.3, 0.4) is 0 Å². The van der Waals surface area contributed by atoms with E-state index < -0.39 is 0 Å². The molecule has 0 bridgehead atoms. The van der Waals surface area contributed by atoms with Gasteiger partial charge in [0.2, 0.25) is 0 Å². The highest BCUT2D eigenvalue weighted by Crippen LogP contribution is 2.45. The molecule has 3 aromatic rings. The topological polar surface area (TPSA) is 51.5 Å². The zero-order valence-electron chi connectivity index (χ0n) is 14.9. The van der Waals surface area contributed by atoms with E-state index in [0.717, 1.165) is 34.3 Å². The van der Waals surface area contributed by atoms with E-state index in [-0.39, 0.29) is 11.7 Å². The number of halogens is 1. The molecule has 0 spiro atoms. The molecule has 4 nitrogen and oxygen atoms in total. The van der Waals surface area contributed by atoms with Crippen LogP contribution in [0.15, 0.2) is 51.8 Å². The van der Waals surface area contributed by atoms with Crippen molar-refractivity contribution in [2.24, 2.45) is 0 Å². The number of aromatic hydroxyl groups is 1. The van der Waals surface area contributed by atoms with Crippen molar-refractivity contribution < 1.29 is 14.6 Å². The second-order valence-electron chi connectivity index (χ2n) is 6.57. The first-order valence-electron chi connectivity index (χ1n) is 9.00. The number of thioether (sulfide) groups is 1. The second-order valence-corrected chi connectivity index (χ2v) is 8.47. The van der Waals surface area contributed by atoms with Gasteiger partial charge in [0, 0.05) is 27.8 Å². The van der Waals surface area contributed by atoms with Crippen LogP contribution in [-0.4, -0.2) is 22.2 Å². The molecule has 27 heavy (non-hydrogen) atoms. The van der Waals surface area contributed by atoms with E-state index in [4.69, 9.17) is 4.74 Å². The van der Waals surface area contributed by atoms with Crippen molar-refractivity contribution >= 4 is 44.6 Å². The fourth-order valence-corrected chi connectivity index (χ4v) is 4.63. The van der Waals surface area contributed by atoms with E-state index in [1.165, 1.54) is 0 Å². The Hall–Kier alpha value is -1.92. The molecule has 4 rings (SSSR count). The molecule has 1 aliphatic rings. The third-order valence-corrected chi connectivity index (χ3v) is 6.34. The van der Waals surface area contributed by atoms with Crippen molar-refractivity contribution in [3.8, 4) is 5.75 Å². The highest BCUT2D eigenvalue weighted by molar-refractivity contribution is 9.10. The summed E-state index contributed by atoms with van der Waals surface area (Å²) in [5.41, 5.74) is 2.51. The summed E-state index contributed by atoms with van der Waals surface area (Å²) in [5, 5.41) is 11.0. The maximum Gasteiger partial charge on any atom is 0.340 e. The van der Waals surface area contributed by atoms with Crippen LogP contribution in [0.1, 0.15) is 41.9 Å². The smallest absolute Gasteiger partial charge is 0.340 e. The highest BCUT2D eigenvalue weighted by Gasteiger charge is 2.32. The first kappa shape index (κ1) is 18.4. The van der Waals surface area contributed by atoms with Gasteiger partial charge in [0.15, 0.2) is 0 Å². The number of hydrogen-bond donors (Lipinski definition) is 1. The van der Waals surface area contributed by atoms with Gasteiger partial charge in [-0.1, -0.05) is 18.2 Å². The minimum atomic E-state index is -0.327. The van der Waals surface area contributed by atoms with Gasteiger partial charge in [-0.2, -0.15) is 0 Å². The van der Waals surface area contributed by atoms with Crippen LogP contribution in [-0.2, 0) is 10.5 Å². The van der Waals surface area contributed by atoms with Crippen molar-refractivity contribution in [3.63, 3.8) is 0 Å². The highest BCUT2D eigenvalue weighted by atomic mass is 79.9. The normalized spacial score (nSPS) is 13.9. The lowest BCUT2D eigenvalue weighted by molar-refractivity contribution is 0.0527. The van der Waals surface area contributed by atoms with E-state index in [1.54, 1.807) is 17.8 Å². The monoisotopic (exact) mass is 445 g/mol. The van der Waals surface area contributed by atoms with Crippen LogP contribution in [0.25, 0.3) is 10.9 Å². The number of phenols is 1. The van der Waals surface area contributed by atoms with Crippen LogP contribution in [0, 0.1) is 0 Å². The van der Waals surface area contributed by atoms with Gasteiger partial charge >= 0.3 is 5.97 Å². The van der Waals surface area contributed by atoms with Crippen molar-refractivity contribution in [1.29, 1.82) is 0 Å². The largest absolute Gasteiger partial charge is 0.507 e. The van der Waals surface area contributed by atoms with E-state index in [1.807, 2.05) is 31.2 Å². The van der Waals surface area contributed by atoms with Gasteiger partial charge in [0.05, 0.1) is 22.2 Å². The first-order chi connectivity index (χ1) is 13.1. The molecule has 1 aromatic heterocycles. The predicted molar refractivity (Wildman–Crippen MR) is 112 cm³/mol. The molecule has 0 radical (unpaired) electrons. The maximum absolute atomic E-state index is 12.8. The molecule has 6 heteroatoms. The Balaban J connectivity index is 1.86. The molecule has 1 aliphatic carbocycles. The lowest BCUT2D eigenvalue weighted by Crippen LogP contribution is -2.09. The Morgan fingerprint density at radius 2 is 2.04 bits per heavy atom. The van der Waals surface area contributed by atoms with Crippen LogP contribution >= 0.6 is 27.7 Å². The van der Waals surface area contributed by atoms with Gasteiger partial charge in [0.1, 0.15) is 5.75 Å². The SMILES string of the molecule is CCOC(=O)c1c(CSc2ccccc2)n(C2CC2)c2cc(Br)c(O)cc12. The average Bonchev–Trinajstić information content (AvgIpc) is 3.45. The average molecular weight is 446 g/mol. The third-order valence-electron chi connectivity index (χ3n) is 4.68. The van der Waals surface area contributed by atoms with Crippen LogP contribution in [0.5, 0.6) is 5.75 Å². The molecule has 2 aromatic carbocycles. The minimum absolute atomic E-state index is 0.128. The number of aromatic nitrogens is 1. The Kier molecular flexibility index (Phi) is 5.19. The number of nitrogens with zero attached hydrogens (tertiary/aromatic N) is 1. The standard InChI is InChI=1S/C21H20BrNO3S/c1-2-26-21(25)20-15-10-19(24)16(22)11-17(15)23(13-8-9-13)18(20)12-27-14-6-4-3-5-7-14/h3-7,10-11,13,24H,2,8-9,12H2,1H3. The van der Waals surface area contributed by atoms with Crippen molar-refractivity contribution in [3.05, 3.63) is 58.2 Å². The van der Waals surface area contributed by atoms with Gasteiger partial charge in [-0.3, -0.25) is 0 Å². The summed E-state index contributed by atoms with van der Waals surface area (Å²) >= 11 is 5.12. The summed E-state index contributed by atoms with van der Waals surface area (Å²) in [6.45, 7) is 2.13. The van der Waals surface area contributed by atoms with Crippen LogP contribution in [0.4, 0.5) is 0 Å². The number of phenolic OH excluding ortho intramolecular Hbond substituents is 1. The van der Waals surface area contributed by atoms with Gasteiger partial charge in [-0.05, 0) is 60.0 Å². The van der Waals surface area contributed by atoms with Crippen molar-refractivity contribution in [2.75, 3.05) is 6.61 Å². The number of benzene rings is 2. The van der Waals surface area contributed by atoms with Crippen molar-refractivity contribution in [1.82, 2.24) is 4.57 Å². The molecule has 1 heterocycles. The zero-order valence-corrected chi connectivity index (χ0v) is 17.3. The quantitative estimate of drug-likeness (QED) is 0.378. The fourth-order valence-electron chi connectivity index (χ4n) is 3.36. The fraction of sp³-hybridized carbons (Fsp3) is 0.286. The zero-order chi connectivity index (χ0) is 19.0. The number of carbonyl (C=O) groups is 1. The Morgan fingerprint density at radius 1 is 1.30 bits per heavy atom. The lowest BCUT2D eigenvalue weighted by atomic mass is 10.1. The summed E-state index contributed by atoms with van der Waals surface area (Å²) < 4.78 is 8.25. The number of rotatable bonds is 6. The van der Waals surface area contributed by atoms with E-state index in [2.05, 4.69) is 32.6 Å². The van der Waals surface area contributed by atoms with Gasteiger partial charge in [0.25, 0.3) is 0 Å². The Morgan fingerprint density at radius 3 is 2.70 bits per heavy atom. The number of hydrogen-bond acceptors (Lipinski definition) is 4. The molecular formula is C21H20BrNO3S. The number of esters is 1. The first-order valence-corrected chi connectivity index (χ1v) is 10.8. The van der Waals surface area contributed by atoms with Crippen LogP contribution in [0.2, 0.25) is 0 Å². The number of carbonyl (C=O) groups excluding carboxylic acids is 1. The van der Waals surface area contributed by atoms with Gasteiger partial charge < -0.3 is 14.4 Å². The van der Waals surface area contributed by atoms with Crippen LogP contribution < -0.4 is 0 Å². The molecular weight excluding hydrogens is 426 g/mol. The third kappa shape index (κ3) is 3.60. The Labute approximate surface area is 170 Å². The Bertz CT molecular complexity index is 996. The minimum Gasteiger partial charge on any atom is -0.507 e.